The fraction of sp³-hybridized carbons (Fsp3) is 0.214. The largest absolute Gasteiger partial charge is 0.481 e. The SMILES string of the molecule is O=C(O)C(Cc1ccc(Br)cc1)Cc1ncccn1. The van der Waals surface area contributed by atoms with Gasteiger partial charge in [0.2, 0.25) is 0 Å². The van der Waals surface area contributed by atoms with E-state index in [0.29, 0.717) is 18.7 Å². The molecular formula is C14H13BrN2O2. The molecule has 2 rings (SSSR count). The molecule has 0 aliphatic rings. The van der Waals surface area contributed by atoms with E-state index in [0.717, 1.165) is 10.0 Å². The lowest BCUT2D eigenvalue weighted by Gasteiger charge is -2.11. The molecule has 0 saturated heterocycles. The van der Waals surface area contributed by atoms with Gasteiger partial charge >= 0.3 is 5.97 Å². The third-order valence-corrected chi connectivity index (χ3v) is 3.32. The zero-order valence-corrected chi connectivity index (χ0v) is 11.7. The molecule has 19 heavy (non-hydrogen) atoms. The summed E-state index contributed by atoms with van der Waals surface area (Å²) in [6.45, 7) is 0. The number of aliphatic carboxylic acids is 1. The van der Waals surface area contributed by atoms with Gasteiger partial charge in [0.05, 0.1) is 5.92 Å². The van der Waals surface area contributed by atoms with Crippen LogP contribution in [0.15, 0.2) is 47.2 Å². The molecular weight excluding hydrogens is 308 g/mol. The Labute approximate surface area is 119 Å². The second kappa shape index (κ2) is 6.43. The van der Waals surface area contributed by atoms with E-state index in [1.165, 1.54) is 0 Å². The number of halogens is 1. The lowest BCUT2D eigenvalue weighted by atomic mass is 9.96. The van der Waals surface area contributed by atoms with Gasteiger partial charge in [-0.2, -0.15) is 0 Å². The fourth-order valence-electron chi connectivity index (χ4n) is 1.81. The molecule has 4 nitrogen and oxygen atoms in total. The molecule has 0 radical (unpaired) electrons. The van der Waals surface area contributed by atoms with Crippen molar-refractivity contribution in [1.29, 1.82) is 0 Å². The second-order valence-electron chi connectivity index (χ2n) is 4.23. The summed E-state index contributed by atoms with van der Waals surface area (Å²) >= 11 is 3.36. The lowest BCUT2D eigenvalue weighted by molar-refractivity contribution is -0.141. The number of benzene rings is 1. The summed E-state index contributed by atoms with van der Waals surface area (Å²) in [5, 5.41) is 9.29. The molecule has 1 N–H and O–H groups in total. The van der Waals surface area contributed by atoms with E-state index in [-0.39, 0.29) is 0 Å². The maximum atomic E-state index is 11.3. The van der Waals surface area contributed by atoms with Crippen LogP contribution in [-0.2, 0) is 17.6 Å². The molecule has 0 spiro atoms. The zero-order valence-electron chi connectivity index (χ0n) is 10.2. The molecule has 0 aliphatic heterocycles. The Kier molecular flexibility index (Phi) is 4.63. The highest BCUT2D eigenvalue weighted by molar-refractivity contribution is 9.10. The Morgan fingerprint density at radius 3 is 2.37 bits per heavy atom. The summed E-state index contributed by atoms with van der Waals surface area (Å²) in [5.41, 5.74) is 0.992. The van der Waals surface area contributed by atoms with Crippen molar-refractivity contribution in [3.63, 3.8) is 0 Å². The van der Waals surface area contributed by atoms with E-state index >= 15 is 0 Å². The van der Waals surface area contributed by atoms with Crippen molar-refractivity contribution in [2.75, 3.05) is 0 Å². The Morgan fingerprint density at radius 1 is 1.16 bits per heavy atom. The summed E-state index contributed by atoms with van der Waals surface area (Å²) in [7, 11) is 0. The van der Waals surface area contributed by atoms with Gasteiger partial charge in [0.15, 0.2) is 0 Å². The summed E-state index contributed by atoms with van der Waals surface area (Å²) in [5.74, 6) is -0.772. The first-order chi connectivity index (χ1) is 9.15. The molecule has 0 aliphatic carbocycles. The van der Waals surface area contributed by atoms with Gasteiger partial charge < -0.3 is 5.11 Å². The number of aromatic nitrogens is 2. The van der Waals surface area contributed by atoms with E-state index in [1.54, 1.807) is 18.5 Å². The number of hydrogen-bond acceptors (Lipinski definition) is 3. The van der Waals surface area contributed by atoms with Gasteiger partial charge in [0.25, 0.3) is 0 Å². The number of hydrogen-bond donors (Lipinski definition) is 1. The van der Waals surface area contributed by atoms with Crippen LogP contribution in [0.3, 0.4) is 0 Å². The minimum Gasteiger partial charge on any atom is -0.481 e. The smallest absolute Gasteiger partial charge is 0.307 e. The Bertz CT molecular complexity index is 543. The van der Waals surface area contributed by atoms with E-state index < -0.39 is 11.9 Å². The van der Waals surface area contributed by atoms with Crippen LogP contribution in [0.4, 0.5) is 0 Å². The number of carboxylic acids is 1. The topological polar surface area (TPSA) is 63.1 Å². The van der Waals surface area contributed by atoms with Crippen LogP contribution in [-0.4, -0.2) is 21.0 Å². The molecule has 0 bridgehead atoms. The Hall–Kier alpha value is -1.75. The van der Waals surface area contributed by atoms with E-state index in [9.17, 15) is 9.90 Å². The van der Waals surface area contributed by atoms with Crippen molar-refractivity contribution in [2.45, 2.75) is 12.8 Å². The third-order valence-electron chi connectivity index (χ3n) is 2.79. The highest BCUT2D eigenvalue weighted by Crippen LogP contribution is 2.16. The number of nitrogens with zero attached hydrogens (tertiary/aromatic N) is 2. The normalized spacial score (nSPS) is 12.1. The monoisotopic (exact) mass is 320 g/mol. The zero-order chi connectivity index (χ0) is 13.7. The van der Waals surface area contributed by atoms with Gasteiger partial charge in [0.1, 0.15) is 5.82 Å². The van der Waals surface area contributed by atoms with Crippen molar-refractivity contribution >= 4 is 21.9 Å². The molecule has 1 aromatic carbocycles. The van der Waals surface area contributed by atoms with Crippen LogP contribution in [0.25, 0.3) is 0 Å². The maximum absolute atomic E-state index is 11.3. The molecule has 0 saturated carbocycles. The van der Waals surface area contributed by atoms with Gasteiger partial charge in [-0.05, 0) is 30.2 Å². The summed E-state index contributed by atoms with van der Waals surface area (Å²) in [6.07, 6.45) is 4.06. The summed E-state index contributed by atoms with van der Waals surface area (Å²) < 4.78 is 0.981. The molecule has 98 valence electrons. The first-order valence-electron chi connectivity index (χ1n) is 5.88. The molecule has 1 atom stereocenters. The molecule has 1 heterocycles. The first-order valence-corrected chi connectivity index (χ1v) is 6.67. The molecule has 5 heteroatoms. The lowest BCUT2D eigenvalue weighted by Crippen LogP contribution is -2.20. The van der Waals surface area contributed by atoms with Crippen LogP contribution in [0.2, 0.25) is 0 Å². The quantitative estimate of drug-likeness (QED) is 0.920. The van der Waals surface area contributed by atoms with Crippen LogP contribution in [0, 0.1) is 5.92 Å². The van der Waals surface area contributed by atoms with E-state index in [1.807, 2.05) is 24.3 Å². The van der Waals surface area contributed by atoms with Gasteiger partial charge in [-0.3, -0.25) is 4.79 Å². The summed E-state index contributed by atoms with van der Waals surface area (Å²) in [4.78, 5) is 19.5. The van der Waals surface area contributed by atoms with Crippen molar-refractivity contribution < 1.29 is 9.90 Å². The minimum atomic E-state index is -0.824. The third kappa shape index (κ3) is 4.13. The highest BCUT2D eigenvalue weighted by atomic mass is 79.9. The predicted molar refractivity (Wildman–Crippen MR) is 74.7 cm³/mol. The summed E-state index contributed by atoms with van der Waals surface area (Å²) in [6, 6.07) is 9.38. The molecule has 2 aromatic rings. The van der Waals surface area contributed by atoms with Crippen LogP contribution in [0.1, 0.15) is 11.4 Å². The van der Waals surface area contributed by atoms with Crippen molar-refractivity contribution in [2.24, 2.45) is 5.92 Å². The molecule has 0 fully saturated rings. The average molecular weight is 321 g/mol. The van der Waals surface area contributed by atoms with E-state index in [2.05, 4.69) is 25.9 Å². The molecule has 0 amide bonds. The number of rotatable bonds is 5. The Morgan fingerprint density at radius 2 is 1.79 bits per heavy atom. The van der Waals surface area contributed by atoms with Gasteiger partial charge in [0, 0.05) is 23.3 Å². The van der Waals surface area contributed by atoms with Crippen molar-refractivity contribution in [1.82, 2.24) is 9.97 Å². The van der Waals surface area contributed by atoms with Crippen LogP contribution >= 0.6 is 15.9 Å². The van der Waals surface area contributed by atoms with Gasteiger partial charge in [-0.1, -0.05) is 28.1 Å². The minimum absolute atomic E-state index is 0.340. The molecule has 1 aromatic heterocycles. The standard InChI is InChI=1S/C14H13BrN2O2/c15-12-4-2-10(3-5-12)8-11(14(18)19)9-13-16-6-1-7-17-13/h1-7,11H,8-9H2,(H,18,19). The van der Waals surface area contributed by atoms with Gasteiger partial charge in [-0.25, -0.2) is 9.97 Å². The maximum Gasteiger partial charge on any atom is 0.307 e. The predicted octanol–water partition coefficient (Wildman–Crippen LogP) is 2.73. The first kappa shape index (κ1) is 13.7. The Balaban J connectivity index is 2.08. The molecule has 1 unspecified atom stereocenters. The highest BCUT2D eigenvalue weighted by Gasteiger charge is 2.19. The fourth-order valence-corrected chi connectivity index (χ4v) is 2.07. The second-order valence-corrected chi connectivity index (χ2v) is 5.15. The van der Waals surface area contributed by atoms with E-state index in [4.69, 9.17) is 0 Å². The van der Waals surface area contributed by atoms with Crippen molar-refractivity contribution in [3.8, 4) is 0 Å². The van der Waals surface area contributed by atoms with Gasteiger partial charge in [-0.15, -0.1) is 0 Å². The number of carboxylic acid groups (broad SMARTS) is 1. The van der Waals surface area contributed by atoms with Crippen LogP contribution < -0.4 is 0 Å². The van der Waals surface area contributed by atoms with Crippen LogP contribution in [0.5, 0.6) is 0 Å². The van der Waals surface area contributed by atoms with Crippen molar-refractivity contribution in [3.05, 3.63) is 58.6 Å². The number of carbonyl (C=O) groups is 1. The average Bonchev–Trinajstić information content (AvgIpc) is 2.41.